The second kappa shape index (κ2) is 10.9. The van der Waals surface area contributed by atoms with Crippen LogP contribution in [-0.2, 0) is 9.53 Å². The predicted octanol–water partition coefficient (Wildman–Crippen LogP) is 6.32. The smallest absolute Gasteiger partial charge is 0.333 e. The Labute approximate surface area is 208 Å². The third kappa shape index (κ3) is 5.73. The van der Waals surface area contributed by atoms with Gasteiger partial charge in [-0.3, -0.25) is 9.59 Å². The molecule has 5 nitrogen and oxygen atoms in total. The van der Waals surface area contributed by atoms with Crippen molar-refractivity contribution in [3.8, 4) is 22.3 Å². The van der Waals surface area contributed by atoms with E-state index in [1.54, 1.807) is 26.0 Å². The van der Waals surface area contributed by atoms with Crippen LogP contribution in [-0.4, -0.2) is 24.3 Å². The molecular formula is C29H25NO4S. The Bertz CT molecular complexity index is 1330. The van der Waals surface area contributed by atoms with E-state index >= 15 is 0 Å². The molecule has 0 aliphatic rings. The van der Waals surface area contributed by atoms with Gasteiger partial charge in [0.1, 0.15) is 0 Å². The average Bonchev–Trinajstić information content (AvgIpc) is 3.38. The molecule has 6 heteroatoms. The number of amides is 1. The summed E-state index contributed by atoms with van der Waals surface area (Å²) in [6.07, 6.45) is 0. The molecule has 176 valence electrons. The lowest BCUT2D eigenvalue weighted by Crippen LogP contribution is -2.34. The first kappa shape index (κ1) is 24.1. The van der Waals surface area contributed by atoms with Gasteiger partial charge in [-0.25, -0.2) is 4.79 Å². The molecule has 0 aliphatic carbocycles. The minimum absolute atomic E-state index is 0.0431. The number of esters is 1. The number of nitrogens with one attached hydrogen (secondary N) is 1. The van der Waals surface area contributed by atoms with Gasteiger partial charge in [-0.2, -0.15) is 0 Å². The Morgan fingerprint density at radius 2 is 1.40 bits per heavy atom. The number of carbonyl (C=O) groups is 3. The minimum Gasteiger partial charge on any atom is -0.464 e. The zero-order valence-electron chi connectivity index (χ0n) is 19.5. The van der Waals surface area contributed by atoms with Gasteiger partial charge in [-0.1, -0.05) is 78.9 Å². The number of hydrogen-bond acceptors (Lipinski definition) is 5. The quantitative estimate of drug-likeness (QED) is 0.235. The van der Waals surface area contributed by atoms with Crippen molar-refractivity contribution in [2.45, 2.75) is 19.9 Å². The summed E-state index contributed by atoms with van der Waals surface area (Å²) in [5.74, 6) is -0.775. The van der Waals surface area contributed by atoms with Crippen molar-refractivity contribution in [2.24, 2.45) is 0 Å². The highest BCUT2D eigenvalue weighted by atomic mass is 32.1. The van der Waals surface area contributed by atoms with Crippen LogP contribution in [0.15, 0.2) is 90.3 Å². The van der Waals surface area contributed by atoms with Crippen LogP contribution in [0.2, 0.25) is 0 Å². The van der Waals surface area contributed by atoms with E-state index in [2.05, 4.69) is 5.32 Å². The summed E-state index contributed by atoms with van der Waals surface area (Å²) in [4.78, 5) is 37.4. The molecule has 1 amide bonds. The first-order valence-electron chi connectivity index (χ1n) is 11.3. The Morgan fingerprint density at radius 1 is 0.829 bits per heavy atom. The van der Waals surface area contributed by atoms with Gasteiger partial charge < -0.3 is 10.1 Å². The molecule has 0 unspecified atom stereocenters. The van der Waals surface area contributed by atoms with Crippen LogP contribution < -0.4 is 5.32 Å². The Morgan fingerprint density at radius 3 is 1.97 bits per heavy atom. The molecule has 3 aromatic carbocycles. The molecule has 0 radical (unpaired) electrons. The number of benzene rings is 3. The maximum absolute atomic E-state index is 13.0. The Kier molecular flexibility index (Phi) is 7.53. The summed E-state index contributed by atoms with van der Waals surface area (Å²) < 4.78 is 5.17. The summed E-state index contributed by atoms with van der Waals surface area (Å²) in [6.45, 7) is 3.52. The SMILES string of the molecule is CCOC(=O)[C@@H](NC(=O)c1cc(-c2ccc(-c3ccc(C(C)=O)cc3)cc2)cs1)c1ccccc1. The van der Waals surface area contributed by atoms with Crippen molar-refractivity contribution in [1.82, 2.24) is 5.32 Å². The minimum atomic E-state index is -0.872. The lowest BCUT2D eigenvalue weighted by atomic mass is 10.00. The van der Waals surface area contributed by atoms with E-state index in [-0.39, 0.29) is 18.3 Å². The van der Waals surface area contributed by atoms with Gasteiger partial charge in [-0.05, 0) is 53.1 Å². The van der Waals surface area contributed by atoms with Crippen molar-refractivity contribution in [3.05, 3.63) is 106 Å². The Hall–Kier alpha value is -4.03. The fraction of sp³-hybridized carbons (Fsp3) is 0.138. The van der Waals surface area contributed by atoms with Gasteiger partial charge in [0, 0.05) is 5.56 Å². The molecule has 1 aromatic heterocycles. The summed E-state index contributed by atoms with van der Waals surface area (Å²) in [5, 5.41) is 4.74. The average molecular weight is 484 g/mol. The molecule has 1 N–H and O–H groups in total. The third-order valence-corrected chi connectivity index (χ3v) is 6.53. The third-order valence-electron chi connectivity index (χ3n) is 5.60. The van der Waals surface area contributed by atoms with Gasteiger partial charge >= 0.3 is 5.97 Å². The van der Waals surface area contributed by atoms with Crippen molar-refractivity contribution in [1.29, 1.82) is 0 Å². The van der Waals surface area contributed by atoms with E-state index in [1.165, 1.54) is 11.3 Å². The zero-order chi connectivity index (χ0) is 24.8. The molecule has 0 fully saturated rings. The summed E-state index contributed by atoms with van der Waals surface area (Å²) >= 11 is 1.32. The number of ether oxygens (including phenoxy) is 1. The van der Waals surface area contributed by atoms with E-state index in [0.717, 1.165) is 22.3 Å². The topological polar surface area (TPSA) is 72.5 Å². The van der Waals surface area contributed by atoms with Crippen LogP contribution in [0, 0.1) is 0 Å². The number of carbonyl (C=O) groups excluding carboxylic acids is 3. The van der Waals surface area contributed by atoms with Crippen LogP contribution in [0.5, 0.6) is 0 Å². The molecule has 35 heavy (non-hydrogen) atoms. The fourth-order valence-corrected chi connectivity index (χ4v) is 4.53. The van der Waals surface area contributed by atoms with Gasteiger partial charge in [0.2, 0.25) is 0 Å². The molecule has 0 saturated heterocycles. The van der Waals surface area contributed by atoms with Crippen LogP contribution >= 0.6 is 11.3 Å². The summed E-state index contributed by atoms with van der Waals surface area (Å²) in [7, 11) is 0. The van der Waals surface area contributed by atoms with E-state index in [9.17, 15) is 14.4 Å². The Balaban J connectivity index is 1.49. The molecule has 4 aromatic rings. The molecule has 4 rings (SSSR count). The van der Waals surface area contributed by atoms with Crippen LogP contribution in [0.4, 0.5) is 0 Å². The summed E-state index contributed by atoms with van der Waals surface area (Å²) in [6, 6.07) is 25.6. The lowest BCUT2D eigenvalue weighted by Gasteiger charge is -2.17. The number of hydrogen-bond donors (Lipinski definition) is 1. The molecule has 0 bridgehead atoms. The summed E-state index contributed by atoms with van der Waals surface area (Å²) in [5.41, 5.74) is 5.32. The first-order valence-corrected chi connectivity index (χ1v) is 12.2. The highest BCUT2D eigenvalue weighted by Crippen LogP contribution is 2.29. The van der Waals surface area contributed by atoms with E-state index in [4.69, 9.17) is 4.74 Å². The van der Waals surface area contributed by atoms with Gasteiger partial charge in [0.15, 0.2) is 11.8 Å². The normalized spacial score (nSPS) is 11.5. The molecule has 0 aliphatic heterocycles. The molecular weight excluding hydrogens is 458 g/mol. The monoisotopic (exact) mass is 483 g/mol. The zero-order valence-corrected chi connectivity index (χ0v) is 20.3. The lowest BCUT2D eigenvalue weighted by molar-refractivity contribution is -0.145. The second-order valence-electron chi connectivity index (χ2n) is 7.98. The largest absolute Gasteiger partial charge is 0.464 e. The van der Waals surface area contributed by atoms with E-state index in [0.29, 0.717) is 16.0 Å². The van der Waals surface area contributed by atoms with Crippen molar-refractivity contribution in [3.63, 3.8) is 0 Å². The predicted molar refractivity (Wildman–Crippen MR) is 138 cm³/mol. The maximum atomic E-state index is 13.0. The molecule has 1 atom stereocenters. The highest BCUT2D eigenvalue weighted by Gasteiger charge is 2.25. The first-order chi connectivity index (χ1) is 17.0. The van der Waals surface area contributed by atoms with Gasteiger partial charge in [0.05, 0.1) is 11.5 Å². The highest BCUT2D eigenvalue weighted by molar-refractivity contribution is 7.12. The number of Topliss-reactive ketones (excluding diaryl/α,β-unsaturated/α-hetero) is 1. The van der Waals surface area contributed by atoms with E-state index < -0.39 is 12.0 Å². The van der Waals surface area contributed by atoms with Crippen molar-refractivity contribution >= 4 is 29.0 Å². The van der Waals surface area contributed by atoms with E-state index in [1.807, 2.05) is 78.2 Å². The number of rotatable bonds is 8. The second-order valence-corrected chi connectivity index (χ2v) is 8.89. The van der Waals surface area contributed by atoms with Crippen LogP contribution in [0.3, 0.4) is 0 Å². The van der Waals surface area contributed by atoms with Crippen molar-refractivity contribution < 1.29 is 19.1 Å². The number of ketones is 1. The molecule has 0 saturated carbocycles. The molecule has 1 heterocycles. The van der Waals surface area contributed by atoms with Gasteiger partial charge in [-0.15, -0.1) is 11.3 Å². The molecule has 0 spiro atoms. The van der Waals surface area contributed by atoms with Crippen LogP contribution in [0.25, 0.3) is 22.3 Å². The maximum Gasteiger partial charge on any atom is 0.333 e. The fourth-order valence-electron chi connectivity index (χ4n) is 3.71. The van der Waals surface area contributed by atoms with Crippen molar-refractivity contribution in [2.75, 3.05) is 6.61 Å². The standard InChI is InChI=1S/C29H25NO4S/c1-3-34-29(33)27(24-7-5-4-6-8-24)30-28(32)26-17-25(18-35-26)23-15-13-22(14-16-23)21-11-9-20(10-12-21)19(2)31/h4-18,27H,3H2,1-2H3,(H,30,32)/t27-/m0/s1. The van der Waals surface area contributed by atoms with Gasteiger partial charge in [0.25, 0.3) is 5.91 Å². The number of thiophene rings is 1. The van der Waals surface area contributed by atoms with Crippen LogP contribution in [0.1, 0.15) is 45.5 Å².